The fraction of sp³-hybridized carbons (Fsp3) is 0.316. The third kappa shape index (κ3) is 6.27. The number of benzene rings is 2. The summed E-state index contributed by atoms with van der Waals surface area (Å²) in [5.74, 6) is 0.767. The van der Waals surface area contributed by atoms with Crippen molar-refractivity contribution in [2.75, 3.05) is 6.61 Å². The number of carbonyl (C=O) groups excluding carboxylic acids is 1. The molecule has 1 unspecified atom stereocenters. The number of ether oxygens (including phenoxy) is 1. The standard InChI is InChI=1S/C19H22ClO2P.Li.H/c1-3-4-7-12-22-15-10-11-18(17(20)13-15)23-19(21)16-9-6-5-8-14(16)2;;/h5-6,8-11,13,23H,3-4,7,12H2,1-2H3;;/q;+1;-1. The van der Waals surface area contributed by atoms with Gasteiger partial charge in [0.05, 0.1) is 11.6 Å². The van der Waals surface area contributed by atoms with E-state index in [0.717, 1.165) is 35.0 Å². The van der Waals surface area contributed by atoms with E-state index in [4.69, 9.17) is 16.3 Å². The Hall–Kier alpha value is -0.773. The summed E-state index contributed by atoms with van der Waals surface area (Å²) in [4.78, 5) is 12.4. The van der Waals surface area contributed by atoms with Crippen LogP contribution in [0.25, 0.3) is 0 Å². The van der Waals surface area contributed by atoms with Gasteiger partial charge in [0, 0.05) is 5.56 Å². The van der Waals surface area contributed by atoms with Gasteiger partial charge in [-0.05, 0) is 51.0 Å². The summed E-state index contributed by atoms with van der Waals surface area (Å²) in [5, 5.41) is 1.46. The SMILES string of the molecule is CCCCCOc1ccc(PC(=O)c2ccccc2C)c(Cl)c1.[H-].[Li+]. The maximum absolute atomic E-state index is 12.4. The minimum atomic E-state index is 0. The van der Waals surface area contributed by atoms with E-state index in [-0.39, 0.29) is 34.4 Å². The van der Waals surface area contributed by atoms with Crippen molar-refractivity contribution in [3.8, 4) is 5.75 Å². The summed E-state index contributed by atoms with van der Waals surface area (Å²) >= 11 is 6.32. The van der Waals surface area contributed by atoms with Gasteiger partial charge >= 0.3 is 18.9 Å². The summed E-state index contributed by atoms with van der Waals surface area (Å²) in [6.45, 7) is 4.82. The quantitative estimate of drug-likeness (QED) is 0.413. The first-order chi connectivity index (χ1) is 11.1. The zero-order valence-electron chi connectivity index (χ0n) is 15.6. The summed E-state index contributed by atoms with van der Waals surface area (Å²) in [7, 11) is 0.0232. The molecule has 124 valence electrons. The van der Waals surface area contributed by atoms with E-state index >= 15 is 0 Å². The number of halogens is 1. The van der Waals surface area contributed by atoms with Crippen molar-refractivity contribution in [1.29, 1.82) is 0 Å². The predicted molar refractivity (Wildman–Crippen MR) is 101 cm³/mol. The predicted octanol–water partition coefficient (Wildman–Crippen LogP) is 2.48. The van der Waals surface area contributed by atoms with Crippen LogP contribution in [0.1, 0.15) is 43.5 Å². The van der Waals surface area contributed by atoms with Gasteiger partial charge in [0.15, 0.2) is 5.52 Å². The molecule has 2 rings (SSSR count). The molecule has 0 aliphatic rings. The average Bonchev–Trinajstić information content (AvgIpc) is 2.54. The molecule has 0 aromatic heterocycles. The molecule has 2 aromatic carbocycles. The summed E-state index contributed by atoms with van der Waals surface area (Å²) in [6.07, 6.45) is 3.38. The molecule has 5 heteroatoms. The molecule has 0 N–H and O–H groups in total. The van der Waals surface area contributed by atoms with Crippen LogP contribution in [0.4, 0.5) is 0 Å². The molecule has 0 aliphatic heterocycles. The second-order valence-corrected chi connectivity index (χ2v) is 7.12. The first-order valence-corrected chi connectivity index (χ1v) is 9.29. The van der Waals surface area contributed by atoms with Crippen LogP contribution in [0, 0.1) is 6.92 Å². The van der Waals surface area contributed by atoms with E-state index in [2.05, 4.69) is 6.92 Å². The van der Waals surface area contributed by atoms with Crippen molar-refractivity contribution in [1.82, 2.24) is 0 Å². The van der Waals surface area contributed by atoms with Crippen LogP contribution in [0.2, 0.25) is 5.02 Å². The van der Waals surface area contributed by atoms with Gasteiger partial charge in [0.1, 0.15) is 5.75 Å². The third-order valence-corrected chi connectivity index (χ3v) is 5.27. The Kier molecular flexibility index (Phi) is 9.72. The average molecular weight is 357 g/mol. The number of hydrogen-bond acceptors (Lipinski definition) is 2. The molecule has 24 heavy (non-hydrogen) atoms. The zero-order valence-corrected chi connectivity index (χ0v) is 16.3. The van der Waals surface area contributed by atoms with E-state index in [1.807, 2.05) is 43.3 Å². The van der Waals surface area contributed by atoms with Crippen molar-refractivity contribution in [3.63, 3.8) is 0 Å². The second-order valence-electron chi connectivity index (χ2n) is 5.47. The van der Waals surface area contributed by atoms with E-state index in [1.54, 1.807) is 6.07 Å². The molecule has 0 aliphatic carbocycles. The van der Waals surface area contributed by atoms with Gasteiger partial charge in [-0.1, -0.05) is 55.6 Å². The van der Waals surface area contributed by atoms with Crippen molar-refractivity contribution in [2.45, 2.75) is 33.1 Å². The Labute approximate surface area is 164 Å². The van der Waals surface area contributed by atoms with Crippen molar-refractivity contribution < 1.29 is 29.8 Å². The summed E-state index contributed by atoms with van der Waals surface area (Å²) in [5.41, 5.74) is 1.88. The molecule has 0 spiro atoms. The smallest absolute Gasteiger partial charge is 1.00 e. The minimum absolute atomic E-state index is 0. The normalized spacial score (nSPS) is 10.6. The van der Waals surface area contributed by atoms with Crippen molar-refractivity contribution in [2.24, 2.45) is 0 Å². The summed E-state index contributed by atoms with van der Waals surface area (Å²) < 4.78 is 5.69. The number of aryl methyl sites for hydroxylation is 1. The summed E-state index contributed by atoms with van der Waals surface area (Å²) in [6, 6.07) is 13.2. The largest absolute Gasteiger partial charge is 1.00 e. The Balaban J connectivity index is 0.00000288. The molecule has 0 saturated heterocycles. The number of hydrogen-bond donors (Lipinski definition) is 0. The molecule has 0 bridgehead atoms. The minimum Gasteiger partial charge on any atom is -1.00 e. The van der Waals surface area contributed by atoms with Crippen molar-refractivity contribution >= 4 is 31.0 Å². The zero-order chi connectivity index (χ0) is 16.7. The van der Waals surface area contributed by atoms with E-state index in [1.165, 1.54) is 6.42 Å². The van der Waals surface area contributed by atoms with Crippen molar-refractivity contribution in [3.05, 3.63) is 58.6 Å². The van der Waals surface area contributed by atoms with Crippen LogP contribution in [0.5, 0.6) is 5.75 Å². The Morgan fingerprint density at radius 3 is 2.62 bits per heavy atom. The molecule has 0 fully saturated rings. The number of rotatable bonds is 8. The first kappa shape index (κ1) is 21.3. The molecular weight excluding hydrogens is 334 g/mol. The third-order valence-electron chi connectivity index (χ3n) is 3.60. The van der Waals surface area contributed by atoms with Gasteiger partial charge in [-0.3, -0.25) is 4.79 Å². The maximum atomic E-state index is 12.4. The van der Waals surface area contributed by atoms with Gasteiger partial charge in [-0.2, -0.15) is 0 Å². The fourth-order valence-electron chi connectivity index (χ4n) is 2.25. The monoisotopic (exact) mass is 356 g/mol. The van der Waals surface area contributed by atoms with Gasteiger partial charge < -0.3 is 6.16 Å². The van der Waals surface area contributed by atoms with Crippen LogP contribution < -0.4 is 28.9 Å². The Bertz CT molecular complexity index is 682. The van der Waals surface area contributed by atoms with Gasteiger partial charge in [-0.15, -0.1) is 0 Å². The molecular formula is C19H23ClLiO2P. The topological polar surface area (TPSA) is 26.3 Å². The Morgan fingerprint density at radius 1 is 1.21 bits per heavy atom. The molecule has 0 radical (unpaired) electrons. The second kappa shape index (κ2) is 11.0. The fourth-order valence-corrected chi connectivity index (χ4v) is 3.58. The molecule has 0 amide bonds. The van der Waals surface area contributed by atoms with E-state index < -0.39 is 0 Å². The van der Waals surface area contributed by atoms with Gasteiger partial charge in [0.25, 0.3) is 0 Å². The van der Waals surface area contributed by atoms with Gasteiger partial charge in [-0.25, -0.2) is 0 Å². The van der Waals surface area contributed by atoms with Crippen LogP contribution in [-0.4, -0.2) is 12.1 Å². The van der Waals surface area contributed by atoms with Crippen LogP contribution in [0.15, 0.2) is 42.5 Å². The molecule has 2 nitrogen and oxygen atoms in total. The van der Waals surface area contributed by atoms with Gasteiger partial charge in [0.2, 0.25) is 0 Å². The van der Waals surface area contributed by atoms with E-state index in [9.17, 15) is 4.79 Å². The molecule has 1 atom stereocenters. The number of unbranched alkanes of at least 4 members (excludes halogenated alkanes) is 2. The van der Waals surface area contributed by atoms with Crippen LogP contribution >= 0.6 is 20.2 Å². The first-order valence-electron chi connectivity index (χ1n) is 7.91. The maximum Gasteiger partial charge on any atom is 1.00 e. The van der Waals surface area contributed by atoms with E-state index in [0.29, 0.717) is 11.6 Å². The van der Waals surface area contributed by atoms with Crippen LogP contribution in [0.3, 0.4) is 0 Å². The Morgan fingerprint density at radius 2 is 1.96 bits per heavy atom. The molecule has 0 saturated carbocycles. The molecule has 2 aromatic rings. The number of carbonyl (C=O) groups is 1. The van der Waals surface area contributed by atoms with Crippen LogP contribution in [-0.2, 0) is 0 Å². The molecule has 0 heterocycles.